The van der Waals surface area contributed by atoms with Gasteiger partial charge in [-0.25, -0.2) is 4.79 Å². The molecule has 172 valence electrons. The molecule has 6 nitrogen and oxygen atoms in total. The van der Waals surface area contributed by atoms with Gasteiger partial charge in [0.1, 0.15) is 5.75 Å². The summed E-state index contributed by atoms with van der Waals surface area (Å²) in [5.74, 6) is -0.104. The minimum Gasteiger partial charge on any atom is -0.482 e. The molecule has 0 saturated carbocycles. The Kier molecular flexibility index (Phi) is 12.1. The van der Waals surface area contributed by atoms with E-state index in [1.54, 1.807) is 18.2 Å². The second-order valence-corrected chi connectivity index (χ2v) is 8.41. The van der Waals surface area contributed by atoms with Crippen molar-refractivity contribution in [2.75, 3.05) is 13.2 Å². The fourth-order valence-corrected chi connectivity index (χ4v) is 3.69. The van der Waals surface area contributed by atoms with Gasteiger partial charge in [-0.3, -0.25) is 4.79 Å². The van der Waals surface area contributed by atoms with Crippen LogP contribution < -0.4 is 4.74 Å². The zero-order valence-corrected chi connectivity index (χ0v) is 19.3. The van der Waals surface area contributed by atoms with Gasteiger partial charge in [-0.2, -0.15) is 0 Å². The van der Waals surface area contributed by atoms with Crippen LogP contribution >= 0.6 is 11.6 Å². The van der Waals surface area contributed by atoms with E-state index < -0.39 is 5.97 Å². The number of carbonyl (C=O) groups excluding carboxylic acids is 2. The summed E-state index contributed by atoms with van der Waals surface area (Å²) in [5, 5.41) is 4.70. The molecular weight excluding hydrogens is 418 g/mol. The molecule has 1 fully saturated rings. The minimum absolute atomic E-state index is 0.133. The Morgan fingerprint density at radius 2 is 1.65 bits per heavy atom. The summed E-state index contributed by atoms with van der Waals surface area (Å²) in [7, 11) is 0. The van der Waals surface area contributed by atoms with Gasteiger partial charge in [-0.1, -0.05) is 55.3 Å². The highest BCUT2D eigenvalue weighted by atomic mass is 35.5. The zero-order valence-electron chi connectivity index (χ0n) is 18.5. The number of halogens is 1. The number of nitrogens with zero attached hydrogens (tertiary/aromatic N) is 1. The van der Waals surface area contributed by atoms with Crippen LogP contribution in [0.2, 0.25) is 5.02 Å². The lowest BCUT2D eigenvalue weighted by molar-refractivity contribution is -0.146. The molecule has 0 atom stereocenters. The number of aryl methyl sites for hydroxylation is 1. The number of oxime groups is 1. The zero-order chi connectivity index (χ0) is 22.3. The lowest BCUT2D eigenvalue weighted by Crippen LogP contribution is -2.14. The lowest BCUT2D eigenvalue weighted by Gasteiger charge is -2.10. The Morgan fingerprint density at radius 3 is 2.35 bits per heavy atom. The second-order valence-electron chi connectivity index (χ2n) is 7.97. The normalized spacial score (nSPS) is 18.9. The van der Waals surface area contributed by atoms with Crippen LogP contribution in [-0.2, 0) is 19.2 Å². The van der Waals surface area contributed by atoms with E-state index in [2.05, 4.69) is 5.16 Å². The third-order valence-electron chi connectivity index (χ3n) is 5.23. The number of benzene rings is 1. The molecule has 0 bridgehead atoms. The maximum Gasteiger partial charge on any atom is 0.372 e. The van der Waals surface area contributed by atoms with Gasteiger partial charge in [0.2, 0.25) is 0 Å². The summed E-state index contributed by atoms with van der Waals surface area (Å²) >= 11 is 5.93. The topological polar surface area (TPSA) is 74.2 Å². The molecule has 0 aromatic heterocycles. The predicted octanol–water partition coefficient (Wildman–Crippen LogP) is 6.16. The quantitative estimate of drug-likeness (QED) is 0.311. The second kappa shape index (κ2) is 14.8. The SMILES string of the molecule is Cc1cc(Cl)ccc1OCC(=O)O/N=C1/CCCCCCCCCCC(=O)OCCC1. The highest BCUT2D eigenvalue weighted by Gasteiger charge is 2.10. The van der Waals surface area contributed by atoms with Gasteiger partial charge in [0.15, 0.2) is 6.61 Å². The maximum atomic E-state index is 12.1. The van der Waals surface area contributed by atoms with E-state index in [9.17, 15) is 9.59 Å². The lowest BCUT2D eigenvalue weighted by atomic mass is 10.0. The molecule has 0 aliphatic carbocycles. The Labute approximate surface area is 190 Å². The van der Waals surface area contributed by atoms with Crippen LogP contribution in [0.25, 0.3) is 0 Å². The molecule has 0 radical (unpaired) electrons. The van der Waals surface area contributed by atoms with E-state index in [1.165, 1.54) is 25.7 Å². The summed E-state index contributed by atoms with van der Waals surface area (Å²) in [6, 6.07) is 5.20. The standard InChI is InChI=1S/C24H34ClNO5/c1-19-17-20(25)14-15-22(19)30-18-24(28)31-26-21-11-8-6-4-2-3-5-7-9-13-23(27)29-16-10-12-21/h14-15,17H,2-13,16,18H2,1H3/b26-21-. The van der Waals surface area contributed by atoms with E-state index in [1.807, 2.05) is 6.92 Å². The van der Waals surface area contributed by atoms with Gasteiger partial charge in [0.05, 0.1) is 12.3 Å². The third-order valence-corrected chi connectivity index (χ3v) is 5.46. The van der Waals surface area contributed by atoms with Crippen molar-refractivity contribution in [1.82, 2.24) is 0 Å². The minimum atomic E-state index is -0.555. The molecule has 31 heavy (non-hydrogen) atoms. The van der Waals surface area contributed by atoms with Gasteiger partial charge < -0.3 is 14.3 Å². The molecule has 2 rings (SSSR count). The van der Waals surface area contributed by atoms with Crippen LogP contribution in [0.5, 0.6) is 5.75 Å². The van der Waals surface area contributed by atoms with E-state index in [0.29, 0.717) is 36.6 Å². The van der Waals surface area contributed by atoms with Crippen molar-refractivity contribution in [2.45, 2.75) is 84.0 Å². The summed E-state index contributed by atoms with van der Waals surface area (Å²) in [4.78, 5) is 28.9. The van der Waals surface area contributed by atoms with Gasteiger partial charge in [-0.05, 0) is 62.8 Å². The maximum absolute atomic E-state index is 12.1. The Bertz CT molecular complexity index is 735. The Hall–Kier alpha value is -2.08. The molecule has 0 spiro atoms. The molecule has 1 aliphatic heterocycles. The molecule has 0 unspecified atom stereocenters. The number of hydrogen-bond acceptors (Lipinski definition) is 6. The third kappa shape index (κ3) is 11.2. The van der Waals surface area contributed by atoms with Crippen LogP contribution in [-0.4, -0.2) is 30.9 Å². The summed E-state index contributed by atoms with van der Waals surface area (Å²) < 4.78 is 10.8. The molecular formula is C24H34ClNO5. The van der Waals surface area contributed by atoms with Crippen molar-refractivity contribution in [3.63, 3.8) is 0 Å². The fourth-order valence-electron chi connectivity index (χ4n) is 3.46. The Morgan fingerprint density at radius 1 is 1.00 bits per heavy atom. The van der Waals surface area contributed by atoms with Gasteiger partial charge in [0.25, 0.3) is 0 Å². The Balaban J connectivity index is 1.82. The molecule has 1 heterocycles. The van der Waals surface area contributed by atoms with E-state index in [4.69, 9.17) is 25.9 Å². The molecule has 1 aliphatic rings. The van der Waals surface area contributed by atoms with Gasteiger partial charge in [-0.15, -0.1) is 0 Å². The van der Waals surface area contributed by atoms with Crippen LogP contribution in [0.4, 0.5) is 0 Å². The van der Waals surface area contributed by atoms with E-state index in [-0.39, 0.29) is 12.6 Å². The van der Waals surface area contributed by atoms with Crippen LogP contribution in [0.15, 0.2) is 23.4 Å². The molecule has 1 saturated heterocycles. The average Bonchev–Trinajstić information content (AvgIpc) is 2.74. The highest BCUT2D eigenvalue weighted by Crippen LogP contribution is 2.21. The molecule has 1 aromatic rings. The smallest absolute Gasteiger partial charge is 0.372 e. The van der Waals surface area contributed by atoms with E-state index >= 15 is 0 Å². The first-order valence-corrected chi connectivity index (χ1v) is 11.7. The molecule has 0 N–H and O–H groups in total. The first kappa shape index (κ1) is 25.2. The first-order valence-electron chi connectivity index (χ1n) is 11.3. The van der Waals surface area contributed by atoms with Crippen LogP contribution in [0.3, 0.4) is 0 Å². The van der Waals surface area contributed by atoms with Gasteiger partial charge >= 0.3 is 11.9 Å². The monoisotopic (exact) mass is 451 g/mol. The van der Waals surface area contributed by atoms with Crippen molar-refractivity contribution in [1.29, 1.82) is 0 Å². The summed E-state index contributed by atoms with van der Waals surface area (Å²) in [6.07, 6.45) is 11.5. The van der Waals surface area contributed by atoms with Crippen LogP contribution in [0.1, 0.15) is 82.6 Å². The van der Waals surface area contributed by atoms with Crippen molar-refractivity contribution in [3.05, 3.63) is 28.8 Å². The van der Waals surface area contributed by atoms with Crippen molar-refractivity contribution in [2.24, 2.45) is 5.16 Å². The first-order chi connectivity index (χ1) is 15.0. The number of rotatable bonds is 4. The van der Waals surface area contributed by atoms with Gasteiger partial charge in [0, 0.05) is 11.4 Å². The predicted molar refractivity (Wildman–Crippen MR) is 122 cm³/mol. The van der Waals surface area contributed by atoms with Crippen molar-refractivity contribution < 1.29 is 23.9 Å². The average molecular weight is 452 g/mol. The van der Waals surface area contributed by atoms with E-state index in [0.717, 1.165) is 43.4 Å². The number of cyclic esters (lactones) is 1. The summed E-state index contributed by atoms with van der Waals surface area (Å²) in [6.45, 7) is 2.00. The molecule has 0 amide bonds. The summed E-state index contributed by atoms with van der Waals surface area (Å²) in [5.41, 5.74) is 1.66. The highest BCUT2D eigenvalue weighted by molar-refractivity contribution is 6.30. The van der Waals surface area contributed by atoms with Crippen molar-refractivity contribution in [3.8, 4) is 5.75 Å². The molecule has 7 heteroatoms. The number of esters is 1. The van der Waals surface area contributed by atoms with Crippen LogP contribution in [0, 0.1) is 6.92 Å². The number of ether oxygens (including phenoxy) is 2. The largest absolute Gasteiger partial charge is 0.482 e. The molecule has 1 aromatic carbocycles. The number of carbonyl (C=O) groups is 2. The van der Waals surface area contributed by atoms with Crippen molar-refractivity contribution >= 4 is 29.3 Å². The fraction of sp³-hybridized carbons (Fsp3) is 0.625. The number of hydrogen-bond donors (Lipinski definition) is 0.